The van der Waals surface area contributed by atoms with Gasteiger partial charge in [-0.1, -0.05) is 12.1 Å². The number of hydrogen-bond acceptors (Lipinski definition) is 3. The van der Waals surface area contributed by atoms with Gasteiger partial charge in [0, 0.05) is 32.1 Å². The summed E-state index contributed by atoms with van der Waals surface area (Å²) < 4.78 is 2.15. The number of para-hydroxylation sites is 2. The summed E-state index contributed by atoms with van der Waals surface area (Å²) in [7, 11) is 0. The molecule has 1 fully saturated rings. The van der Waals surface area contributed by atoms with Gasteiger partial charge in [0.1, 0.15) is 5.82 Å². The first kappa shape index (κ1) is 14.1. The molecule has 0 saturated heterocycles. The van der Waals surface area contributed by atoms with Crippen molar-refractivity contribution in [1.29, 1.82) is 0 Å². The lowest BCUT2D eigenvalue weighted by Gasteiger charge is -2.09. The zero-order valence-electron chi connectivity index (χ0n) is 12.4. The molecule has 1 aromatic carbocycles. The van der Waals surface area contributed by atoms with Gasteiger partial charge in [-0.25, -0.2) is 4.98 Å². The van der Waals surface area contributed by atoms with Crippen molar-refractivity contribution in [2.24, 2.45) is 0 Å². The van der Waals surface area contributed by atoms with E-state index in [-0.39, 0.29) is 5.91 Å². The van der Waals surface area contributed by atoms with E-state index >= 15 is 0 Å². The van der Waals surface area contributed by atoms with Crippen LogP contribution in [0.4, 0.5) is 0 Å². The van der Waals surface area contributed by atoms with Crippen molar-refractivity contribution >= 4 is 16.9 Å². The first-order valence-corrected chi connectivity index (χ1v) is 7.66. The number of imidazole rings is 1. The number of carbonyl (C=O) groups excluding carboxylic acids is 1. The van der Waals surface area contributed by atoms with E-state index < -0.39 is 0 Å². The van der Waals surface area contributed by atoms with Gasteiger partial charge in [0.15, 0.2) is 0 Å². The Hall–Kier alpha value is -1.88. The van der Waals surface area contributed by atoms with Crippen LogP contribution >= 0.6 is 0 Å². The van der Waals surface area contributed by atoms with E-state index in [1.165, 1.54) is 12.8 Å². The molecule has 0 bridgehead atoms. The zero-order valence-corrected chi connectivity index (χ0v) is 12.4. The minimum absolute atomic E-state index is 0.116. The Balaban J connectivity index is 1.47. The van der Waals surface area contributed by atoms with Crippen LogP contribution in [0.25, 0.3) is 11.0 Å². The van der Waals surface area contributed by atoms with E-state index in [4.69, 9.17) is 0 Å². The lowest BCUT2D eigenvalue weighted by atomic mass is 10.3. The average Bonchev–Trinajstić information content (AvgIpc) is 3.23. The third kappa shape index (κ3) is 3.61. The van der Waals surface area contributed by atoms with Gasteiger partial charge < -0.3 is 15.2 Å². The third-order valence-corrected chi connectivity index (χ3v) is 3.87. The minimum Gasteiger partial charge on any atom is -0.354 e. The maximum Gasteiger partial charge on any atom is 0.221 e. The van der Waals surface area contributed by atoms with Crippen LogP contribution < -0.4 is 10.6 Å². The molecule has 1 heterocycles. The molecule has 1 aliphatic rings. The standard InChI is InChI=1S/C16H22N4O/c1-12-19-14-4-2-3-5-15(14)20(12)11-10-18-16(21)8-9-17-13-6-7-13/h2-5,13,17H,6-11H2,1H3,(H,18,21). The number of fused-ring (bicyclic) bond motifs is 1. The second kappa shape index (κ2) is 6.26. The van der Waals surface area contributed by atoms with Crippen LogP contribution in [0.5, 0.6) is 0 Å². The Morgan fingerprint density at radius 2 is 2.14 bits per heavy atom. The molecule has 1 saturated carbocycles. The lowest BCUT2D eigenvalue weighted by Crippen LogP contribution is -2.30. The summed E-state index contributed by atoms with van der Waals surface area (Å²) >= 11 is 0. The van der Waals surface area contributed by atoms with Gasteiger partial charge >= 0.3 is 0 Å². The van der Waals surface area contributed by atoms with Crippen LogP contribution in [0.2, 0.25) is 0 Å². The second-order valence-electron chi connectivity index (χ2n) is 5.63. The Labute approximate surface area is 124 Å². The molecule has 0 unspecified atom stereocenters. The third-order valence-electron chi connectivity index (χ3n) is 3.87. The van der Waals surface area contributed by atoms with E-state index in [0.29, 0.717) is 19.0 Å². The number of nitrogens with one attached hydrogen (secondary N) is 2. The number of nitrogens with zero attached hydrogens (tertiary/aromatic N) is 2. The van der Waals surface area contributed by atoms with Crippen molar-refractivity contribution in [3.05, 3.63) is 30.1 Å². The summed E-state index contributed by atoms with van der Waals surface area (Å²) in [5.41, 5.74) is 2.13. The molecule has 0 spiro atoms. The summed E-state index contributed by atoms with van der Waals surface area (Å²) in [6.45, 7) is 4.18. The first-order valence-electron chi connectivity index (χ1n) is 7.66. The van der Waals surface area contributed by atoms with Crippen LogP contribution in [0, 0.1) is 6.92 Å². The normalized spacial score (nSPS) is 14.5. The smallest absolute Gasteiger partial charge is 0.221 e. The highest BCUT2D eigenvalue weighted by Gasteiger charge is 2.20. The monoisotopic (exact) mass is 286 g/mol. The van der Waals surface area contributed by atoms with E-state index in [1.807, 2.05) is 25.1 Å². The Morgan fingerprint density at radius 3 is 2.95 bits per heavy atom. The van der Waals surface area contributed by atoms with Gasteiger partial charge in [-0.2, -0.15) is 0 Å². The molecule has 1 aromatic heterocycles. The number of aromatic nitrogens is 2. The van der Waals surface area contributed by atoms with E-state index in [1.54, 1.807) is 0 Å². The van der Waals surface area contributed by atoms with Crippen molar-refractivity contribution in [3.8, 4) is 0 Å². The van der Waals surface area contributed by atoms with Crippen molar-refractivity contribution < 1.29 is 4.79 Å². The number of hydrogen-bond donors (Lipinski definition) is 2. The Morgan fingerprint density at radius 1 is 1.33 bits per heavy atom. The van der Waals surface area contributed by atoms with Crippen LogP contribution in [0.15, 0.2) is 24.3 Å². The number of amides is 1. The van der Waals surface area contributed by atoms with Gasteiger partial charge in [0.05, 0.1) is 11.0 Å². The topological polar surface area (TPSA) is 59.0 Å². The van der Waals surface area contributed by atoms with E-state index in [2.05, 4.69) is 26.3 Å². The fraction of sp³-hybridized carbons (Fsp3) is 0.500. The highest BCUT2D eigenvalue weighted by Crippen LogP contribution is 2.18. The molecule has 21 heavy (non-hydrogen) atoms. The average molecular weight is 286 g/mol. The van der Waals surface area contributed by atoms with Crippen LogP contribution in [-0.2, 0) is 11.3 Å². The number of benzene rings is 1. The highest BCUT2D eigenvalue weighted by molar-refractivity contribution is 5.76. The maximum absolute atomic E-state index is 11.7. The molecule has 5 nitrogen and oxygen atoms in total. The van der Waals surface area contributed by atoms with Crippen LogP contribution in [0.3, 0.4) is 0 Å². The van der Waals surface area contributed by atoms with Crippen molar-refractivity contribution in [3.63, 3.8) is 0 Å². The highest BCUT2D eigenvalue weighted by atomic mass is 16.1. The molecule has 0 radical (unpaired) electrons. The van der Waals surface area contributed by atoms with Crippen molar-refractivity contribution in [1.82, 2.24) is 20.2 Å². The molecule has 3 rings (SSSR count). The van der Waals surface area contributed by atoms with Crippen LogP contribution in [-0.4, -0.2) is 34.6 Å². The molecular weight excluding hydrogens is 264 g/mol. The summed E-state index contributed by atoms with van der Waals surface area (Å²) in [6, 6.07) is 8.76. The van der Waals surface area contributed by atoms with E-state index in [0.717, 1.165) is 29.9 Å². The van der Waals surface area contributed by atoms with Gasteiger partial charge in [0.25, 0.3) is 0 Å². The fourth-order valence-electron chi connectivity index (χ4n) is 2.55. The number of rotatable bonds is 7. The second-order valence-corrected chi connectivity index (χ2v) is 5.63. The Kier molecular flexibility index (Phi) is 4.20. The number of aryl methyl sites for hydroxylation is 1. The lowest BCUT2D eigenvalue weighted by molar-refractivity contribution is -0.121. The van der Waals surface area contributed by atoms with Crippen LogP contribution in [0.1, 0.15) is 25.1 Å². The summed E-state index contributed by atoms with van der Waals surface area (Å²) in [4.78, 5) is 16.3. The molecule has 5 heteroatoms. The molecule has 2 aromatic rings. The molecule has 112 valence electrons. The van der Waals surface area contributed by atoms with Gasteiger partial charge in [-0.05, 0) is 31.9 Å². The first-order chi connectivity index (χ1) is 10.2. The molecule has 2 N–H and O–H groups in total. The quantitative estimate of drug-likeness (QED) is 0.813. The summed E-state index contributed by atoms with van der Waals surface area (Å²) in [6.07, 6.45) is 3.07. The molecular formula is C16H22N4O. The van der Waals surface area contributed by atoms with Gasteiger partial charge in [-0.3, -0.25) is 4.79 Å². The predicted molar refractivity (Wildman–Crippen MR) is 83.1 cm³/mol. The molecule has 1 amide bonds. The van der Waals surface area contributed by atoms with Crippen molar-refractivity contribution in [2.45, 2.75) is 38.8 Å². The largest absolute Gasteiger partial charge is 0.354 e. The van der Waals surface area contributed by atoms with Gasteiger partial charge in [0.2, 0.25) is 5.91 Å². The minimum atomic E-state index is 0.116. The van der Waals surface area contributed by atoms with Gasteiger partial charge in [-0.15, -0.1) is 0 Å². The predicted octanol–water partition coefficient (Wildman–Crippen LogP) is 1.60. The van der Waals surface area contributed by atoms with Crippen molar-refractivity contribution in [2.75, 3.05) is 13.1 Å². The zero-order chi connectivity index (χ0) is 14.7. The molecule has 1 aliphatic carbocycles. The molecule has 0 atom stereocenters. The fourth-order valence-corrected chi connectivity index (χ4v) is 2.55. The summed E-state index contributed by atoms with van der Waals surface area (Å²) in [5, 5.41) is 6.33. The summed E-state index contributed by atoms with van der Waals surface area (Å²) in [5.74, 6) is 1.10. The molecule has 0 aliphatic heterocycles. The van der Waals surface area contributed by atoms with E-state index in [9.17, 15) is 4.79 Å². The maximum atomic E-state index is 11.7. The Bertz CT molecular complexity index is 630. The SMILES string of the molecule is Cc1nc2ccccc2n1CCNC(=O)CCNC1CC1. The number of carbonyl (C=O) groups is 1.